The minimum Gasteiger partial charge on any atom is -0.495 e. The second-order valence-electron chi connectivity index (χ2n) is 9.62. The van der Waals surface area contributed by atoms with Gasteiger partial charge in [0, 0.05) is 42.5 Å². The average Bonchev–Trinajstić information content (AvgIpc) is 2.99. The number of carbonyl (C=O) groups is 1. The number of fused-ring (bicyclic) bond motifs is 1. The third-order valence-electron chi connectivity index (χ3n) is 6.91. The molecule has 2 aromatic carbocycles. The van der Waals surface area contributed by atoms with Gasteiger partial charge in [0.15, 0.2) is 5.82 Å². The summed E-state index contributed by atoms with van der Waals surface area (Å²) in [5.41, 5.74) is 3.70. The van der Waals surface area contributed by atoms with Crippen molar-refractivity contribution < 1.29 is 19.0 Å². The number of aromatic nitrogens is 3. The highest BCUT2D eigenvalue weighted by atomic mass is 35.5. The SMILES string of the molecule is C=CC(=O)Nc1cccc(C)c1Nc1ncc2cc(-c3c(Cl)c(OC)cc(OC)c3Cl)nc(NC3CCOCC3)c2n1. The van der Waals surface area contributed by atoms with Crippen molar-refractivity contribution in [1.82, 2.24) is 15.0 Å². The van der Waals surface area contributed by atoms with E-state index in [4.69, 9.17) is 47.4 Å². The number of anilines is 4. The molecule has 3 N–H and O–H groups in total. The highest BCUT2D eigenvalue weighted by Gasteiger charge is 2.23. The Morgan fingerprint density at radius 3 is 2.48 bits per heavy atom. The summed E-state index contributed by atoms with van der Waals surface area (Å²) in [6, 6.07) is 9.15. The van der Waals surface area contributed by atoms with Crippen LogP contribution in [-0.4, -0.2) is 54.3 Å². The van der Waals surface area contributed by atoms with Crippen LogP contribution in [0.5, 0.6) is 11.5 Å². The first kappa shape index (κ1) is 29.4. The molecule has 5 rings (SSSR count). The van der Waals surface area contributed by atoms with Crippen molar-refractivity contribution in [1.29, 1.82) is 0 Å². The molecule has 0 radical (unpaired) electrons. The molecule has 1 aliphatic heterocycles. The standard InChI is InChI=1S/C30H30Cl2N6O4/c1-5-23(39)35-19-8-6-7-16(2)27(19)37-30-33-15-17-13-20(24-25(31)21(40-3)14-22(41-4)26(24)32)36-29(28(17)38-30)34-18-9-11-42-12-10-18/h5-8,13-15,18H,1,9-12H2,2-4H3,(H,34,36)(H,35,39)(H,33,37,38). The van der Waals surface area contributed by atoms with Crippen LogP contribution >= 0.6 is 23.2 Å². The van der Waals surface area contributed by atoms with Gasteiger partial charge in [-0.3, -0.25) is 4.79 Å². The highest BCUT2D eigenvalue weighted by Crippen LogP contribution is 2.46. The lowest BCUT2D eigenvalue weighted by molar-refractivity contribution is -0.111. The summed E-state index contributed by atoms with van der Waals surface area (Å²) >= 11 is 13.5. The second kappa shape index (κ2) is 12.8. The van der Waals surface area contributed by atoms with Gasteiger partial charge < -0.3 is 30.2 Å². The quantitative estimate of drug-likeness (QED) is 0.176. The van der Waals surface area contributed by atoms with Gasteiger partial charge in [-0.15, -0.1) is 0 Å². The first-order valence-corrected chi connectivity index (χ1v) is 14.0. The molecule has 4 aromatic rings. The minimum absolute atomic E-state index is 0.124. The van der Waals surface area contributed by atoms with Crippen molar-refractivity contribution >= 4 is 63.2 Å². The zero-order chi connectivity index (χ0) is 29.8. The number of methoxy groups -OCH3 is 2. The highest BCUT2D eigenvalue weighted by molar-refractivity contribution is 6.41. The van der Waals surface area contributed by atoms with E-state index in [9.17, 15) is 4.79 Å². The fraction of sp³-hybridized carbons (Fsp3) is 0.267. The summed E-state index contributed by atoms with van der Waals surface area (Å²) in [5.74, 6) is 1.35. The second-order valence-corrected chi connectivity index (χ2v) is 10.4. The van der Waals surface area contributed by atoms with Gasteiger partial charge >= 0.3 is 0 Å². The molecule has 0 spiro atoms. The van der Waals surface area contributed by atoms with E-state index in [1.807, 2.05) is 25.1 Å². The lowest BCUT2D eigenvalue weighted by Gasteiger charge is -2.24. The van der Waals surface area contributed by atoms with E-state index >= 15 is 0 Å². The third kappa shape index (κ3) is 6.06. The van der Waals surface area contributed by atoms with E-state index in [0.29, 0.717) is 80.1 Å². The van der Waals surface area contributed by atoms with Gasteiger partial charge in [-0.05, 0) is 43.5 Å². The van der Waals surface area contributed by atoms with Crippen molar-refractivity contribution in [3.05, 3.63) is 64.8 Å². The lowest BCUT2D eigenvalue weighted by Crippen LogP contribution is -2.28. The largest absolute Gasteiger partial charge is 0.495 e. The van der Waals surface area contributed by atoms with Gasteiger partial charge in [0.1, 0.15) is 17.0 Å². The fourth-order valence-corrected chi connectivity index (χ4v) is 5.40. The molecular formula is C30H30Cl2N6O4. The minimum atomic E-state index is -0.325. The molecule has 0 atom stereocenters. The zero-order valence-corrected chi connectivity index (χ0v) is 24.9. The molecule has 0 bridgehead atoms. The topological polar surface area (TPSA) is 120 Å². The Morgan fingerprint density at radius 1 is 1.10 bits per heavy atom. The van der Waals surface area contributed by atoms with Crippen molar-refractivity contribution in [3.63, 3.8) is 0 Å². The summed E-state index contributed by atoms with van der Waals surface area (Å²) in [5, 5.41) is 11.0. The summed E-state index contributed by atoms with van der Waals surface area (Å²) in [6.45, 7) is 6.75. The third-order valence-corrected chi connectivity index (χ3v) is 7.66. The van der Waals surface area contributed by atoms with Gasteiger partial charge in [-0.2, -0.15) is 0 Å². The molecular weight excluding hydrogens is 579 g/mol. The van der Waals surface area contributed by atoms with Gasteiger partial charge in [0.2, 0.25) is 11.9 Å². The van der Waals surface area contributed by atoms with E-state index in [-0.39, 0.29) is 11.9 Å². The van der Waals surface area contributed by atoms with E-state index in [1.54, 1.807) is 18.3 Å². The van der Waals surface area contributed by atoms with Crippen LogP contribution in [0, 0.1) is 6.92 Å². The number of halogens is 2. The van der Waals surface area contributed by atoms with Crippen LogP contribution in [0.25, 0.3) is 22.2 Å². The normalized spacial score (nSPS) is 13.5. The van der Waals surface area contributed by atoms with E-state index in [0.717, 1.165) is 18.4 Å². The Kier molecular flexibility index (Phi) is 8.96. The van der Waals surface area contributed by atoms with Gasteiger partial charge in [0.25, 0.3) is 0 Å². The van der Waals surface area contributed by atoms with Gasteiger partial charge in [0.05, 0.1) is 41.3 Å². The number of carbonyl (C=O) groups excluding carboxylic acids is 1. The predicted octanol–water partition coefficient (Wildman–Crippen LogP) is 6.78. The first-order valence-electron chi connectivity index (χ1n) is 13.2. The Morgan fingerprint density at radius 2 is 1.81 bits per heavy atom. The van der Waals surface area contributed by atoms with Crippen LogP contribution in [0.1, 0.15) is 18.4 Å². The number of nitrogens with zero attached hydrogens (tertiary/aromatic N) is 3. The van der Waals surface area contributed by atoms with Crippen molar-refractivity contribution in [2.45, 2.75) is 25.8 Å². The number of hydrogen-bond acceptors (Lipinski definition) is 9. The Balaban J connectivity index is 1.63. The number of pyridine rings is 1. The summed E-state index contributed by atoms with van der Waals surface area (Å²) < 4.78 is 16.5. The molecule has 1 fully saturated rings. The van der Waals surface area contributed by atoms with E-state index in [2.05, 4.69) is 27.5 Å². The molecule has 1 amide bonds. The zero-order valence-electron chi connectivity index (χ0n) is 23.4. The number of aryl methyl sites for hydroxylation is 1. The lowest BCUT2D eigenvalue weighted by atomic mass is 10.1. The van der Waals surface area contributed by atoms with Crippen LogP contribution in [0.15, 0.2) is 49.2 Å². The molecule has 218 valence electrons. The molecule has 42 heavy (non-hydrogen) atoms. The Labute approximate surface area is 253 Å². The van der Waals surface area contributed by atoms with Crippen LogP contribution in [0.3, 0.4) is 0 Å². The number of ether oxygens (including phenoxy) is 3. The predicted molar refractivity (Wildman–Crippen MR) is 167 cm³/mol. The maximum Gasteiger partial charge on any atom is 0.247 e. The number of amides is 1. The van der Waals surface area contributed by atoms with Gasteiger partial charge in [-0.1, -0.05) is 41.9 Å². The molecule has 1 saturated heterocycles. The van der Waals surface area contributed by atoms with E-state index in [1.165, 1.54) is 20.3 Å². The first-order chi connectivity index (χ1) is 20.3. The Bertz CT molecular complexity index is 1630. The maximum absolute atomic E-state index is 12.0. The molecule has 0 saturated carbocycles. The van der Waals surface area contributed by atoms with Crippen molar-refractivity contribution in [3.8, 4) is 22.8 Å². The average molecular weight is 610 g/mol. The number of benzene rings is 2. The number of para-hydroxylation sites is 1. The molecule has 2 aromatic heterocycles. The molecule has 10 nitrogen and oxygen atoms in total. The summed E-state index contributed by atoms with van der Waals surface area (Å²) in [4.78, 5) is 26.4. The van der Waals surface area contributed by atoms with Crippen molar-refractivity contribution in [2.75, 3.05) is 43.4 Å². The molecule has 0 unspecified atom stereocenters. The monoisotopic (exact) mass is 608 g/mol. The molecule has 12 heteroatoms. The summed E-state index contributed by atoms with van der Waals surface area (Å²) in [7, 11) is 3.05. The smallest absolute Gasteiger partial charge is 0.247 e. The number of hydrogen-bond donors (Lipinski definition) is 3. The number of rotatable bonds is 9. The molecule has 3 heterocycles. The molecule has 0 aliphatic carbocycles. The van der Waals surface area contributed by atoms with Crippen LogP contribution in [0.2, 0.25) is 10.0 Å². The van der Waals surface area contributed by atoms with Crippen LogP contribution in [-0.2, 0) is 9.53 Å². The van der Waals surface area contributed by atoms with E-state index < -0.39 is 0 Å². The van der Waals surface area contributed by atoms with Crippen LogP contribution in [0.4, 0.5) is 23.1 Å². The number of nitrogens with one attached hydrogen (secondary N) is 3. The van der Waals surface area contributed by atoms with Crippen LogP contribution < -0.4 is 25.4 Å². The summed E-state index contributed by atoms with van der Waals surface area (Å²) in [6.07, 6.45) is 4.54. The fourth-order valence-electron chi connectivity index (χ4n) is 4.71. The molecule has 1 aliphatic rings. The van der Waals surface area contributed by atoms with Gasteiger partial charge in [-0.25, -0.2) is 15.0 Å². The maximum atomic E-state index is 12.0. The van der Waals surface area contributed by atoms with Crippen molar-refractivity contribution in [2.24, 2.45) is 0 Å². The Hall–Kier alpha value is -4.12.